The lowest BCUT2D eigenvalue weighted by Crippen LogP contribution is -2.13. The minimum absolute atomic E-state index is 0.0425. The largest absolute Gasteiger partial charge is 0.364 e. The number of benzene rings is 1. The van der Waals surface area contributed by atoms with Crippen LogP contribution in [0.1, 0.15) is 20.3 Å². The second kappa shape index (κ2) is 5.87. The molecular formula is C20H16N4O. The summed E-state index contributed by atoms with van der Waals surface area (Å²) < 4.78 is 24.4. The topological polar surface area (TPSA) is 73.3 Å². The fourth-order valence-electron chi connectivity index (χ4n) is 2.87. The van der Waals surface area contributed by atoms with E-state index < -0.39 is 12.8 Å². The molecule has 1 amide bonds. The Hall–Kier alpha value is -3.47. The Bertz CT molecular complexity index is 1200. The summed E-state index contributed by atoms with van der Waals surface area (Å²) in [6.45, 7) is -2.28. The number of aryl methyl sites for hydroxylation is 1. The zero-order valence-electron chi connectivity index (χ0n) is 16.2. The van der Waals surface area contributed by atoms with Crippen molar-refractivity contribution < 1.29 is 8.91 Å². The highest BCUT2D eigenvalue weighted by Gasteiger charge is 2.12. The van der Waals surface area contributed by atoms with E-state index >= 15 is 0 Å². The minimum atomic E-state index is -2.28. The number of rotatable bonds is 3. The number of hydrogen-bond acceptors (Lipinski definition) is 3. The lowest BCUT2D eigenvalue weighted by Gasteiger charge is -2.11. The maximum Gasteiger partial charge on any atom is 0.267 e. The number of carbonyl (C=O) groups is 1. The van der Waals surface area contributed by atoms with Crippen molar-refractivity contribution in [1.29, 1.82) is 0 Å². The van der Waals surface area contributed by atoms with Crippen LogP contribution in [0.25, 0.3) is 28.0 Å². The van der Waals surface area contributed by atoms with Gasteiger partial charge in [-0.1, -0.05) is 30.3 Å². The molecule has 2 N–H and O–H groups in total. The molecule has 5 nitrogen and oxygen atoms in total. The molecule has 0 radical (unpaired) electrons. The Balaban J connectivity index is 1.89. The minimum Gasteiger partial charge on any atom is -0.364 e. The molecule has 4 aromatic rings. The van der Waals surface area contributed by atoms with E-state index in [1.165, 1.54) is 12.3 Å². The second-order valence-electron chi connectivity index (χ2n) is 5.61. The van der Waals surface area contributed by atoms with Crippen molar-refractivity contribution in [3.05, 3.63) is 78.4 Å². The highest BCUT2D eigenvalue weighted by molar-refractivity contribution is 5.92. The summed E-state index contributed by atoms with van der Waals surface area (Å²) in [5.41, 5.74) is 9.39. The average Bonchev–Trinajstić information content (AvgIpc) is 3.11. The van der Waals surface area contributed by atoms with Crippen LogP contribution in [0.2, 0.25) is 0 Å². The Kier molecular flexibility index (Phi) is 2.81. The van der Waals surface area contributed by atoms with Gasteiger partial charge in [0.05, 0.1) is 11.9 Å². The lowest BCUT2D eigenvalue weighted by molar-refractivity contribution is 0.0995. The van der Waals surface area contributed by atoms with Gasteiger partial charge in [-0.15, -0.1) is 0 Å². The van der Waals surface area contributed by atoms with Crippen LogP contribution in [0.5, 0.6) is 0 Å². The van der Waals surface area contributed by atoms with Gasteiger partial charge in [-0.25, -0.2) is 4.98 Å². The number of primary amides is 1. The van der Waals surface area contributed by atoms with Gasteiger partial charge in [-0.2, -0.15) is 0 Å². The summed E-state index contributed by atoms with van der Waals surface area (Å²) in [5, 5.41) is 0. The van der Waals surface area contributed by atoms with E-state index in [9.17, 15) is 4.79 Å². The zero-order valence-corrected chi connectivity index (χ0v) is 13.2. The van der Waals surface area contributed by atoms with Gasteiger partial charge in [0, 0.05) is 21.6 Å². The Labute approximate surface area is 149 Å². The predicted molar refractivity (Wildman–Crippen MR) is 97.1 cm³/mol. The van der Waals surface area contributed by atoms with Gasteiger partial charge in [0.2, 0.25) is 0 Å². The molecular weight excluding hydrogens is 312 g/mol. The van der Waals surface area contributed by atoms with Crippen molar-refractivity contribution in [3.63, 3.8) is 0 Å². The van der Waals surface area contributed by atoms with Crippen LogP contribution in [0.15, 0.2) is 67.0 Å². The molecule has 0 aliphatic rings. The standard InChI is InChI=1S/C20H16N4O/c1-13-5-4-8-17(23-13)16-7-3-2-6-15(16)14-9-10-19-22-11-18(20(21)25)24(19)12-14/h2-12H,1H3,(H2,21,25)/i1D3. The van der Waals surface area contributed by atoms with Gasteiger partial charge >= 0.3 is 0 Å². The summed E-state index contributed by atoms with van der Waals surface area (Å²) in [6.07, 6.45) is 3.23. The first kappa shape index (κ1) is 12.0. The number of hydrogen-bond donors (Lipinski definition) is 1. The smallest absolute Gasteiger partial charge is 0.267 e. The Morgan fingerprint density at radius 3 is 2.72 bits per heavy atom. The van der Waals surface area contributed by atoms with Crippen LogP contribution in [-0.4, -0.2) is 20.3 Å². The molecule has 3 heterocycles. The van der Waals surface area contributed by atoms with Crippen molar-refractivity contribution in [2.45, 2.75) is 6.85 Å². The first-order valence-corrected chi connectivity index (χ1v) is 7.69. The van der Waals surface area contributed by atoms with Gasteiger partial charge in [0.15, 0.2) is 0 Å². The van der Waals surface area contributed by atoms with Crippen LogP contribution >= 0.6 is 0 Å². The number of pyridine rings is 2. The lowest BCUT2D eigenvalue weighted by atomic mass is 9.98. The summed E-state index contributed by atoms with van der Waals surface area (Å²) in [6, 6.07) is 16.2. The number of fused-ring (bicyclic) bond motifs is 1. The van der Waals surface area contributed by atoms with E-state index in [0.717, 1.165) is 16.7 Å². The molecule has 5 heteroatoms. The number of amides is 1. The van der Waals surface area contributed by atoms with Crippen LogP contribution < -0.4 is 5.73 Å². The van der Waals surface area contributed by atoms with Gasteiger partial charge in [0.1, 0.15) is 11.3 Å². The van der Waals surface area contributed by atoms with Crippen LogP contribution in [0, 0.1) is 6.85 Å². The maximum atomic E-state index is 11.6. The molecule has 0 fully saturated rings. The van der Waals surface area contributed by atoms with E-state index in [-0.39, 0.29) is 11.4 Å². The molecule has 0 aliphatic heterocycles. The molecule has 1 aromatic carbocycles. The second-order valence-corrected chi connectivity index (χ2v) is 5.61. The van der Waals surface area contributed by atoms with E-state index in [4.69, 9.17) is 9.85 Å². The van der Waals surface area contributed by atoms with Crippen molar-refractivity contribution in [2.75, 3.05) is 0 Å². The van der Waals surface area contributed by atoms with Crippen molar-refractivity contribution >= 4 is 11.6 Å². The Morgan fingerprint density at radius 1 is 1.08 bits per heavy atom. The molecule has 122 valence electrons. The fourth-order valence-corrected chi connectivity index (χ4v) is 2.87. The fraction of sp³-hybridized carbons (Fsp3) is 0.0500. The summed E-state index contributed by atoms with van der Waals surface area (Å²) in [5.74, 6) is -0.565. The molecule has 0 bridgehead atoms. The first-order chi connectivity index (χ1) is 13.3. The number of nitrogens with zero attached hydrogens (tertiary/aromatic N) is 3. The van der Waals surface area contributed by atoms with Crippen LogP contribution in [0.4, 0.5) is 0 Å². The Morgan fingerprint density at radius 2 is 1.92 bits per heavy atom. The van der Waals surface area contributed by atoms with Gasteiger partial charge in [0.25, 0.3) is 5.91 Å². The average molecular weight is 331 g/mol. The van der Waals surface area contributed by atoms with Gasteiger partial charge in [-0.05, 0) is 42.2 Å². The SMILES string of the molecule is [2H]C([2H])([2H])c1cccc(-c2ccccc2-c2ccc3ncc(C(N)=O)n3c2)n1. The predicted octanol–water partition coefficient (Wildman–Crippen LogP) is 3.47. The molecule has 0 spiro atoms. The van der Waals surface area contributed by atoms with E-state index in [1.54, 1.807) is 28.8 Å². The molecule has 0 aliphatic carbocycles. The third kappa shape index (κ3) is 2.65. The molecule has 0 atom stereocenters. The van der Waals surface area contributed by atoms with Gasteiger partial charge in [-0.3, -0.25) is 14.2 Å². The third-order valence-corrected chi connectivity index (χ3v) is 4.02. The van der Waals surface area contributed by atoms with Crippen molar-refractivity contribution in [1.82, 2.24) is 14.4 Å². The number of aromatic nitrogens is 3. The molecule has 4 rings (SSSR count). The normalized spacial score (nSPS) is 13.2. The van der Waals surface area contributed by atoms with Crippen molar-refractivity contribution in [3.8, 4) is 22.4 Å². The summed E-state index contributed by atoms with van der Waals surface area (Å²) in [4.78, 5) is 20.2. The van der Waals surface area contributed by atoms with E-state index in [0.29, 0.717) is 11.3 Å². The number of carbonyl (C=O) groups excluding carboxylic acids is 1. The van der Waals surface area contributed by atoms with Gasteiger partial charge < -0.3 is 5.73 Å². The monoisotopic (exact) mass is 331 g/mol. The number of nitrogens with two attached hydrogens (primary N) is 1. The zero-order chi connectivity index (χ0) is 19.9. The highest BCUT2D eigenvalue weighted by atomic mass is 16.1. The third-order valence-electron chi connectivity index (χ3n) is 4.02. The molecule has 0 unspecified atom stereocenters. The molecule has 3 aromatic heterocycles. The highest BCUT2D eigenvalue weighted by Crippen LogP contribution is 2.31. The summed E-state index contributed by atoms with van der Waals surface area (Å²) >= 11 is 0. The van der Waals surface area contributed by atoms with E-state index in [2.05, 4.69) is 9.97 Å². The van der Waals surface area contributed by atoms with Crippen LogP contribution in [-0.2, 0) is 0 Å². The molecule has 0 saturated heterocycles. The quantitative estimate of drug-likeness (QED) is 0.625. The number of imidazole rings is 1. The van der Waals surface area contributed by atoms with Crippen LogP contribution in [0.3, 0.4) is 0 Å². The van der Waals surface area contributed by atoms with Crippen molar-refractivity contribution in [2.24, 2.45) is 5.73 Å². The van der Waals surface area contributed by atoms with E-state index in [1.807, 2.05) is 30.3 Å². The summed E-state index contributed by atoms with van der Waals surface area (Å²) in [7, 11) is 0. The first-order valence-electron chi connectivity index (χ1n) is 9.19. The maximum absolute atomic E-state index is 11.6. The molecule has 0 saturated carbocycles. The molecule has 25 heavy (non-hydrogen) atoms.